The molecule has 0 radical (unpaired) electrons. The minimum atomic E-state index is -0.258. The van der Waals surface area contributed by atoms with E-state index in [1.165, 1.54) is 6.07 Å². The highest BCUT2D eigenvalue weighted by Crippen LogP contribution is 2.27. The molecule has 4 N–H and O–H groups in total. The van der Waals surface area contributed by atoms with Crippen molar-refractivity contribution in [2.45, 2.75) is 6.42 Å². The number of aromatic nitrogens is 3. The third-order valence-corrected chi connectivity index (χ3v) is 6.02. The summed E-state index contributed by atoms with van der Waals surface area (Å²) >= 11 is 0. The van der Waals surface area contributed by atoms with Gasteiger partial charge in [-0.15, -0.1) is 0 Å². The van der Waals surface area contributed by atoms with Gasteiger partial charge in [0.1, 0.15) is 5.82 Å². The lowest BCUT2D eigenvalue weighted by Gasteiger charge is -2.34. The molecule has 1 aliphatic heterocycles. The molecular weight excluding hydrogens is 431 g/mol. The van der Waals surface area contributed by atoms with Gasteiger partial charge in [0.05, 0.1) is 29.3 Å². The predicted molar refractivity (Wildman–Crippen MR) is 131 cm³/mol. The van der Waals surface area contributed by atoms with Gasteiger partial charge in [0.25, 0.3) is 0 Å². The molecule has 0 atom stereocenters. The summed E-state index contributed by atoms with van der Waals surface area (Å²) in [5.41, 5.74) is 3.83. The summed E-state index contributed by atoms with van der Waals surface area (Å²) < 4.78 is 14.9. The molecule has 0 amide bonds. The molecule has 1 saturated heterocycles. The second-order valence-corrected chi connectivity index (χ2v) is 8.44. The molecule has 0 spiro atoms. The largest absolute Gasteiger partial charge is 0.367 e. The number of piperazine rings is 1. The number of fused-ring (bicyclic) bond motifs is 1. The number of nitrogens with zero attached hydrogens (tertiary/aromatic N) is 4. The molecule has 0 saturated carbocycles. The summed E-state index contributed by atoms with van der Waals surface area (Å²) in [6, 6.07) is 16.9. The van der Waals surface area contributed by atoms with Crippen LogP contribution in [0.1, 0.15) is 5.56 Å². The van der Waals surface area contributed by atoms with E-state index in [4.69, 9.17) is 5.26 Å². The molecule has 1 aliphatic rings. The van der Waals surface area contributed by atoms with Gasteiger partial charge in [-0.1, -0.05) is 17.1 Å². The minimum Gasteiger partial charge on any atom is -0.367 e. The van der Waals surface area contributed by atoms with Gasteiger partial charge >= 0.3 is 5.95 Å². The van der Waals surface area contributed by atoms with E-state index in [0.717, 1.165) is 48.5 Å². The average Bonchev–Trinajstić information content (AvgIpc) is 3.31. The van der Waals surface area contributed by atoms with Crippen LogP contribution in [-0.2, 0) is 6.42 Å². The highest BCUT2D eigenvalue weighted by Gasteiger charge is 2.19. The highest BCUT2D eigenvalue weighted by atomic mass is 19.1. The predicted octanol–water partition coefficient (Wildman–Crippen LogP) is 3.82. The second-order valence-electron chi connectivity index (χ2n) is 8.44. The van der Waals surface area contributed by atoms with Crippen LogP contribution in [0.15, 0.2) is 54.7 Å². The third kappa shape index (κ3) is 4.63. The fraction of sp³-hybridized carbons (Fsp3) is 0.240. The highest BCUT2D eigenvalue weighted by molar-refractivity contribution is 5.87. The molecule has 34 heavy (non-hydrogen) atoms. The van der Waals surface area contributed by atoms with Crippen molar-refractivity contribution in [3.63, 3.8) is 0 Å². The van der Waals surface area contributed by atoms with Gasteiger partial charge in [-0.2, -0.15) is 5.26 Å². The molecule has 4 aromatic rings. The van der Waals surface area contributed by atoms with Crippen molar-refractivity contribution in [2.75, 3.05) is 48.8 Å². The molecule has 8 nitrogen and oxygen atoms in total. The Hall–Kier alpha value is -4.16. The maximum Gasteiger partial charge on any atom is 0.351 e. The Kier molecular flexibility index (Phi) is 5.97. The molecular formula is C25H26FN8+. The average molecular weight is 458 g/mol. The molecule has 5 rings (SSSR count). The lowest BCUT2D eigenvalue weighted by molar-refractivity contribution is -0.333. The number of hydrogen-bond acceptors (Lipinski definition) is 6. The normalized spacial score (nSPS) is 14.2. The number of benzene rings is 2. The van der Waals surface area contributed by atoms with E-state index in [2.05, 4.69) is 48.5 Å². The van der Waals surface area contributed by atoms with E-state index in [-0.39, 0.29) is 5.82 Å². The summed E-state index contributed by atoms with van der Waals surface area (Å²) in [4.78, 5) is 15.4. The quantitative estimate of drug-likeness (QED) is 0.407. The van der Waals surface area contributed by atoms with Gasteiger partial charge < -0.3 is 15.1 Å². The molecule has 0 bridgehead atoms. The van der Waals surface area contributed by atoms with Gasteiger partial charge in [-0.05, 0) is 42.9 Å². The van der Waals surface area contributed by atoms with Gasteiger partial charge in [-0.3, -0.25) is 10.3 Å². The Morgan fingerprint density at radius 3 is 2.56 bits per heavy atom. The van der Waals surface area contributed by atoms with Crippen molar-refractivity contribution in [3.05, 3.63) is 66.1 Å². The lowest BCUT2D eigenvalue weighted by Crippen LogP contribution is -2.44. The smallest absolute Gasteiger partial charge is 0.351 e. The first-order chi connectivity index (χ1) is 16.6. The first-order valence-corrected chi connectivity index (χ1v) is 11.2. The first-order valence-electron chi connectivity index (χ1n) is 11.2. The number of anilines is 5. The Bertz CT molecular complexity index is 1330. The fourth-order valence-electron chi connectivity index (χ4n) is 4.10. The van der Waals surface area contributed by atoms with E-state index in [1.54, 1.807) is 0 Å². The van der Waals surface area contributed by atoms with E-state index < -0.39 is 0 Å². The number of nitrogens with one attached hydrogen (secondary N) is 4. The standard InChI is InChI=1S/C25H25FN8/c1-33-12-14-34(15-13-33)22-7-6-19(16-21(22)26)30-25-31-23-20(9-11-28-23)24(32-25)29-18-4-2-17(3-5-18)8-10-27/h2-7,9,11,16H,8,12-15H2,1H3,(H3,28,29,30,31,32)/p+1. The lowest BCUT2D eigenvalue weighted by atomic mass is 10.1. The molecule has 2 aromatic carbocycles. The number of hydrogen-bond donors (Lipinski definition) is 3. The van der Waals surface area contributed by atoms with Gasteiger partial charge in [0, 0.05) is 44.1 Å². The van der Waals surface area contributed by atoms with Crippen LogP contribution in [-0.4, -0.2) is 48.1 Å². The van der Waals surface area contributed by atoms with Crippen LogP contribution in [0.3, 0.4) is 0 Å². The van der Waals surface area contributed by atoms with Crippen molar-refractivity contribution in [1.82, 2.24) is 14.9 Å². The van der Waals surface area contributed by atoms with Crippen LogP contribution in [0.25, 0.3) is 11.0 Å². The second kappa shape index (κ2) is 9.37. The Morgan fingerprint density at radius 1 is 1.06 bits per heavy atom. The van der Waals surface area contributed by atoms with Gasteiger partial charge in [-0.25, -0.2) is 9.37 Å². The number of H-pyrrole nitrogens is 2. The summed E-state index contributed by atoms with van der Waals surface area (Å²) in [7, 11) is 2.08. The number of rotatable bonds is 6. The van der Waals surface area contributed by atoms with Crippen molar-refractivity contribution >= 4 is 39.9 Å². The Balaban J connectivity index is 1.37. The summed E-state index contributed by atoms with van der Waals surface area (Å²) in [6.45, 7) is 3.47. The van der Waals surface area contributed by atoms with E-state index in [1.807, 2.05) is 48.7 Å². The summed E-state index contributed by atoms with van der Waals surface area (Å²) in [5.74, 6) is 0.872. The SMILES string of the molecule is CN1CCN(c2ccc(Nc3nc(Nc4ccc(CC#N)cc4)c4cc[nH]c4[nH+]3)cc2F)CC1. The van der Waals surface area contributed by atoms with Gasteiger partial charge in [0.2, 0.25) is 11.5 Å². The maximum absolute atomic E-state index is 14.9. The number of likely N-dealkylation sites (N-methyl/N-ethyl adjacent to an activating group) is 1. The van der Waals surface area contributed by atoms with Crippen molar-refractivity contribution in [3.8, 4) is 6.07 Å². The van der Waals surface area contributed by atoms with E-state index in [0.29, 0.717) is 29.6 Å². The fourth-order valence-corrected chi connectivity index (χ4v) is 4.10. The van der Waals surface area contributed by atoms with Crippen molar-refractivity contribution < 1.29 is 9.37 Å². The molecule has 3 heterocycles. The van der Waals surface area contributed by atoms with Crippen LogP contribution in [0, 0.1) is 17.1 Å². The maximum atomic E-state index is 14.9. The third-order valence-electron chi connectivity index (χ3n) is 6.02. The van der Waals surface area contributed by atoms with E-state index >= 15 is 0 Å². The topological polar surface area (TPSA) is 97.1 Å². The van der Waals surface area contributed by atoms with Crippen LogP contribution in [0.5, 0.6) is 0 Å². The van der Waals surface area contributed by atoms with Crippen molar-refractivity contribution in [1.29, 1.82) is 5.26 Å². The number of halogens is 1. The molecule has 9 heteroatoms. The summed E-state index contributed by atoms with van der Waals surface area (Å²) in [6.07, 6.45) is 2.21. The van der Waals surface area contributed by atoms with Crippen LogP contribution in [0.2, 0.25) is 0 Å². The zero-order valence-corrected chi connectivity index (χ0v) is 18.9. The number of nitriles is 1. The molecule has 2 aromatic heterocycles. The van der Waals surface area contributed by atoms with E-state index in [9.17, 15) is 4.39 Å². The van der Waals surface area contributed by atoms with Crippen LogP contribution >= 0.6 is 0 Å². The Morgan fingerprint density at radius 2 is 1.82 bits per heavy atom. The van der Waals surface area contributed by atoms with Crippen LogP contribution in [0.4, 0.5) is 33.2 Å². The molecule has 0 unspecified atom stereocenters. The zero-order chi connectivity index (χ0) is 23.5. The van der Waals surface area contributed by atoms with Crippen molar-refractivity contribution in [2.24, 2.45) is 0 Å². The Labute approximate surface area is 197 Å². The van der Waals surface area contributed by atoms with Gasteiger partial charge in [0.15, 0.2) is 0 Å². The molecule has 0 aliphatic carbocycles. The first kappa shape index (κ1) is 21.7. The minimum absolute atomic E-state index is 0.258. The number of aromatic amines is 2. The molecule has 172 valence electrons. The van der Waals surface area contributed by atoms with Crippen LogP contribution < -0.4 is 20.5 Å². The molecule has 1 fully saturated rings. The summed E-state index contributed by atoms with van der Waals surface area (Å²) in [5, 5.41) is 16.3. The zero-order valence-electron chi connectivity index (χ0n) is 18.9. The monoisotopic (exact) mass is 457 g/mol.